The molecular weight excluding hydrogens is 168 g/mol. The Bertz CT molecular complexity index is 279. The minimum absolute atomic E-state index is 0.209. The number of aromatic nitrogens is 2. The molecule has 0 amide bonds. The fraction of sp³-hybridized carbons (Fsp3) is 0.667. The van der Waals surface area contributed by atoms with E-state index in [-0.39, 0.29) is 5.92 Å². The van der Waals surface area contributed by atoms with E-state index in [0.717, 1.165) is 18.9 Å². The predicted molar refractivity (Wildman–Crippen MR) is 47.1 cm³/mol. The summed E-state index contributed by atoms with van der Waals surface area (Å²) in [7, 11) is 1.89. The molecule has 1 N–H and O–H groups in total. The molecule has 1 aromatic heterocycles. The molecule has 4 nitrogen and oxygen atoms in total. The fourth-order valence-corrected chi connectivity index (χ4v) is 1.67. The summed E-state index contributed by atoms with van der Waals surface area (Å²) in [6.07, 6.45) is 3.99. The van der Waals surface area contributed by atoms with Gasteiger partial charge in [-0.15, -0.1) is 0 Å². The average Bonchev–Trinajstić information content (AvgIpc) is 2.72. The summed E-state index contributed by atoms with van der Waals surface area (Å²) in [5.41, 5.74) is 0. The quantitative estimate of drug-likeness (QED) is 0.724. The van der Waals surface area contributed by atoms with E-state index in [1.807, 2.05) is 17.8 Å². The molecule has 4 heteroatoms. The van der Waals surface area contributed by atoms with Crippen molar-refractivity contribution in [1.82, 2.24) is 9.55 Å². The molecule has 2 rings (SSSR count). The summed E-state index contributed by atoms with van der Waals surface area (Å²) in [6, 6.07) is 0. The van der Waals surface area contributed by atoms with Gasteiger partial charge in [0.1, 0.15) is 11.9 Å². The predicted octanol–water partition coefficient (Wildman–Crippen LogP) is 0.490. The second-order valence-electron chi connectivity index (χ2n) is 3.46. The van der Waals surface area contributed by atoms with E-state index in [9.17, 15) is 5.11 Å². The van der Waals surface area contributed by atoms with Crippen LogP contribution in [0.2, 0.25) is 0 Å². The Morgan fingerprint density at radius 2 is 2.62 bits per heavy atom. The molecule has 1 aromatic rings. The van der Waals surface area contributed by atoms with Crippen molar-refractivity contribution >= 4 is 0 Å². The second kappa shape index (κ2) is 3.47. The van der Waals surface area contributed by atoms with E-state index in [4.69, 9.17) is 4.74 Å². The van der Waals surface area contributed by atoms with Gasteiger partial charge in [-0.2, -0.15) is 0 Å². The van der Waals surface area contributed by atoms with Crippen molar-refractivity contribution in [1.29, 1.82) is 0 Å². The monoisotopic (exact) mass is 182 g/mol. The fourth-order valence-electron chi connectivity index (χ4n) is 1.67. The third kappa shape index (κ3) is 1.59. The van der Waals surface area contributed by atoms with Crippen molar-refractivity contribution in [3.63, 3.8) is 0 Å². The third-order valence-corrected chi connectivity index (χ3v) is 2.53. The van der Waals surface area contributed by atoms with Crippen LogP contribution in [-0.4, -0.2) is 27.9 Å². The number of hydrogen-bond acceptors (Lipinski definition) is 3. The maximum atomic E-state index is 9.93. The van der Waals surface area contributed by atoms with E-state index >= 15 is 0 Å². The van der Waals surface area contributed by atoms with Gasteiger partial charge in [-0.1, -0.05) is 0 Å². The number of aryl methyl sites for hydroxylation is 1. The van der Waals surface area contributed by atoms with Gasteiger partial charge in [-0.05, 0) is 6.42 Å². The largest absolute Gasteiger partial charge is 0.385 e. The zero-order chi connectivity index (χ0) is 9.26. The van der Waals surface area contributed by atoms with Crippen molar-refractivity contribution in [3.8, 4) is 0 Å². The number of rotatable bonds is 2. The molecule has 13 heavy (non-hydrogen) atoms. The first-order valence-corrected chi connectivity index (χ1v) is 4.52. The van der Waals surface area contributed by atoms with Crippen LogP contribution in [0, 0.1) is 5.92 Å². The van der Waals surface area contributed by atoms with Crippen LogP contribution in [0.1, 0.15) is 18.3 Å². The highest BCUT2D eigenvalue weighted by atomic mass is 16.5. The van der Waals surface area contributed by atoms with Crippen molar-refractivity contribution < 1.29 is 9.84 Å². The molecule has 2 heterocycles. The maximum Gasteiger partial charge on any atom is 0.137 e. The molecule has 2 unspecified atom stereocenters. The lowest BCUT2D eigenvalue weighted by Gasteiger charge is -2.15. The normalized spacial score (nSPS) is 24.9. The lowest BCUT2D eigenvalue weighted by molar-refractivity contribution is 0.0828. The van der Waals surface area contributed by atoms with Crippen LogP contribution in [0.4, 0.5) is 0 Å². The zero-order valence-electron chi connectivity index (χ0n) is 7.68. The molecule has 0 bridgehead atoms. The Morgan fingerprint density at radius 3 is 3.15 bits per heavy atom. The van der Waals surface area contributed by atoms with Gasteiger partial charge >= 0.3 is 0 Å². The molecule has 72 valence electrons. The summed E-state index contributed by atoms with van der Waals surface area (Å²) >= 11 is 0. The first-order valence-electron chi connectivity index (χ1n) is 4.52. The molecule has 1 saturated heterocycles. The molecule has 0 saturated carbocycles. The number of aliphatic hydroxyl groups excluding tert-OH is 1. The minimum Gasteiger partial charge on any atom is -0.385 e. The van der Waals surface area contributed by atoms with Crippen molar-refractivity contribution in [3.05, 3.63) is 18.2 Å². The molecule has 2 atom stereocenters. The standard InChI is InChI=1S/C9H14N2O2/c1-11-4-3-10-9(11)8(12)7-2-5-13-6-7/h3-4,7-8,12H,2,5-6H2,1H3. The number of imidazole rings is 1. The van der Waals surface area contributed by atoms with Crippen LogP contribution in [0.25, 0.3) is 0 Å². The van der Waals surface area contributed by atoms with Crippen LogP contribution in [-0.2, 0) is 11.8 Å². The van der Waals surface area contributed by atoms with Crippen molar-refractivity contribution in [2.24, 2.45) is 13.0 Å². The maximum absolute atomic E-state index is 9.93. The Balaban J connectivity index is 2.12. The Hall–Kier alpha value is -0.870. The number of hydrogen-bond donors (Lipinski definition) is 1. The van der Waals surface area contributed by atoms with E-state index in [2.05, 4.69) is 4.98 Å². The lowest BCUT2D eigenvalue weighted by atomic mass is 10.0. The summed E-state index contributed by atoms with van der Waals surface area (Å²) < 4.78 is 7.07. The van der Waals surface area contributed by atoms with E-state index in [1.165, 1.54) is 0 Å². The van der Waals surface area contributed by atoms with E-state index < -0.39 is 6.10 Å². The first kappa shape index (κ1) is 8.72. The minimum atomic E-state index is -0.484. The van der Waals surface area contributed by atoms with Crippen LogP contribution >= 0.6 is 0 Å². The second-order valence-corrected chi connectivity index (χ2v) is 3.46. The smallest absolute Gasteiger partial charge is 0.137 e. The Morgan fingerprint density at radius 1 is 1.77 bits per heavy atom. The third-order valence-electron chi connectivity index (χ3n) is 2.53. The van der Waals surface area contributed by atoms with E-state index in [0.29, 0.717) is 6.61 Å². The molecular formula is C9H14N2O2. The summed E-state index contributed by atoms with van der Waals surface area (Å²) in [5.74, 6) is 0.941. The van der Waals surface area contributed by atoms with Gasteiger partial charge in [0.2, 0.25) is 0 Å². The number of aliphatic hydroxyl groups is 1. The highest BCUT2D eigenvalue weighted by molar-refractivity contribution is 4.98. The molecule has 0 spiro atoms. The highest BCUT2D eigenvalue weighted by Gasteiger charge is 2.27. The van der Waals surface area contributed by atoms with Gasteiger partial charge in [0.05, 0.1) is 6.61 Å². The van der Waals surface area contributed by atoms with Gasteiger partial charge < -0.3 is 14.4 Å². The van der Waals surface area contributed by atoms with Gasteiger partial charge in [0.25, 0.3) is 0 Å². The molecule has 0 aromatic carbocycles. The molecule has 1 fully saturated rings. The SMILES string of the molecule is Cn1ccnc1C(O)C1CCOC1. The van der Waals surface area contributed by atoms with Gasteiger partial charge in [0.15, 0.2) is 0 Å². The summed E-state index contributed by atoms with van der Waals surface area (Å²) in [6.45, 7) is 1.40. The number of ether oxygens (including phenoxy) is 1. The van der Waals surface area contributed by atoms with Crippen LogP contribution < -0.4 is 0 Å². The molecule has 1 aliphatic heterocycles. The van der Waals surface area contributed by atoms with Crippen molar-refractivity contribution in [2.75, 3.05) is 13.2 Å². The average molecular weight is 182 g/mol. The van der Waals surface area contributed by atoms with Gasteiger partial charge in [0, 0.05) is 32.0 Å². The summed E-state index contributed by atoms with van der Waals surface area (Å²) in [5, 5.41) is 9.93. The Labute approximate surface area is 77.2 Å². The molecule has 1 aliphatic rings. The zero-order valence-corrected chi connectivity index (χ0v) is 7.68. The Kier molecular flexibility index (Phi) is 2.33. The number of nitrogens with zero attached hydrogens (tertiary/aromatic N) is 2. The lowest BCUT2D eigenvalue weighted by Crippen LogP contribution is -2.16. The summed E-state index contributed by atoms with van der Waals surface area (Å²) in [4.78, 5) is 4.12. The van der Waals surface area contributed by atoms with E-state index in [1.54, 1.807) is 6.20 Å². The van der Waals surface area contributed by atoms with Crippen LogP contribution in [0.5, 0.6) is 0 Å². The van der Waals surface area contributed by atoms with Gasteiger partial charge in [-0.3, -0.25) is 0 Å². The topological polar surface area (TPSA) is 47.3 Å². The van der Waals surface area contributed by atoms with Crippen LogP contribution in [0.3, 0.4) is 0 Å². The molecule has 0 radical (unpaired) electrons. The first-order chi connectivity index (χ1) is 6.29. The highest BCUT2D eigenvalue weighted by Crippen LogP contribution is 2.26. The molecule has 0 aliphatic carbocycles. The van der Waals surface area contributed by atoms with Crippen molar-refractivity contribution in [2.45, 2.75) is 12.5 Å². The van der Waals surface area contributed by atoms with Crippen LogP contribution in [0.15, 0.2) is 12.4 Å². The van der Waals surface area contributed by atoms with Gasteiger partial charge in [-0.25, -0.2) is 4.98 Å².